The Hall–Kier alpha value is -2.14. The van der Waals surface area contributed by atoms with E-state index in [-0.39, 0.29) is 12.3 Å². The molecule has 0 bridgehead atoms. The number of carbonyl (C=O) groups excluding carboxylic acids is 1. The first-order valence-corrected chi connectivity index (χ1v) is 7.48. The molecule has 0 aliphatic carbocycles. The summed E-state index contributed by atoms with van der Waals surface area (Å²) in [5, 5.41) is 14.2. The quantitative estimate of drug-likeness (QED) is 0.862. The summed E-state index contributed by atoms with van der Waals surface area (Å²) >= 11 is 1.55. The molecular weight excluding hydrogens is 286 g/mol. The number of carboxylic acids is 1. The van der Waals surface area contributed by atoms with Gasteiger partial charge in [0, 0.05) is 11.3 Å². The van der Waals surface area contributed by atoms with E-state index in [2.05, 4.69) is 5.32 Å². The van der Waals surface area contributed by atoms with Crippen molar-refractivity contribution < 1.29 is 14.7 Å². The second kappa shape index (κ2) is 6.54. The molecule has 0 unspecified atom stereocenters. The van der Waals surface area contributed by atoms with Crippen LogP contribution in [0.4, 0.5) is 0 Å². The van der Waals surface area contributed by atoms with Crippen LogP contribution >= 0.6 is 11.3 Å². The second-order valence-electron chi connectivity index (χ2n) is 5.04. The molecule has 1 atom stereocenters. The van der Waals surface area contributed by atoms with E-state index in [0.717, 1.165) is 4.88 Å². The summed E-state index contributed by atoms with van der Waals surface area (Å²) in [7, 11) is 0. The SMILES string of the molecule is C[C@](CC(=O)NCc1cccs1)(C(=O)O)c1ccccc1. The minimum atomic E-state index is -1.22. The van der Waals surface area contributed by atoms with Gasteiger partial charge < -0.3 is 10.4 Å². The topological polar surface area (TPSA) is 66.4 Å². The van der Waals surface area contributed by atoms with E-state index in [0.29, 0.717) is 12.1 Å². The number of rotatable bonds is 6. The highest BCUT2D eigenvalue weighted by atomic mass is 32.1. The Balaban J connectivity index is 2.06. The van der Waals surface area contributed by atoms with Crippen molar-refractivity contribution in [3.63, 3.8) is 0 Å². The zero-order chi connectivity index (χ0) is 15.3. The molecule has 0 aliphatic rings. The van der Waals surface area contributed by atoms with E-state index >= 15 is 0 Å². The molecule has 0 saturated heterocycles. The third-order valence-electron chi connectivity index (χ3n) is 3.44. The average Bonchev–Trinajstić information content (AvgIpc) is 2.99. The van der Waals surface area contributed by atoms with Gasteiger partial charge in [0.15, 0.2) is 0 Å². The van der Waals surface area contributed by atoms with Gasteiger partial charge >= 0.3 is 5.97 Å². The normalized spacial score (nSPS) is 13.4. The van der Waals surface area contributed by atoms with E-state index in [4.69, 9.17) is 0 Å². The van der Waals surface area contributed by atoms with Crippen molar-refractivity contribution in [1.29, 1.82) is 0 Å². The van der Waals surface area contributed by atoms with Gasteiger partial charge in [-0.2, -0.15) is 0 Å². The smallest absolute Gasteiger partial charge is 0.314 e. The van der Waals surface area contributed by atoms with Crippen molar-refractivity contribution in [1.82, 2.24) is 5.32 Å². The number of carboxylic acid groups (broad SMARTS) is 1. The van der Waals surface area contributed by atoms with Crippen LogP contribution in [0.2, 0.25) is 0 Å². The Morgan fingerprint density at radius 1 is 1.19 bits per heavy atom. The molecule has 110 valence electrons. The lowest BCUT2D eigenvalue weighted by Crippen LogP contribution is -2.38. The molecule has 0 saturated carbocycles. The van der Waals surface area contributed by atoms with Gasteiger partial charge in [-0.1, -0.05) is 36.4 Å². The number of carbonyl (C=O) groups is 2. The van der Waals surface area contributed by atoms with E-state index in [1.807, 2.05) is 23.6 Å². The third kappa shape index (κ3) is 3.70. The minimum absolute atomic E-state index is 0.0856. The molecule has 4 nitrogen and oxygen atoms in total. The lowest BCUT2D eigenvalue weighted by atomic mass is 9.79. The average molecular weight is 303 g/mol. The van der Waals surface area contributed by atoms with E-state index in [9.17, 15) is 14.7 Å². The fraction of sp³-hybridized carbons (Fsp3) is 0.250. The maximum atomic E-state index is 12.1. The van der Waals surface area contributed by atoms with Gasteiger partial charge in [0.25, 0.3) is 0 Å². The highest BCUT2D eigenvalue weighted by Crippen LogP contribution is 2.28. The Morgan fingerprint density at radius 3 is 2.48 bits per heavy atom. The predicted molar refractivity (Wildman–Crippen MR) is 82.2 cm³/mol. The number of thiophene rings is 1. The molecular formula is C16H17NO3S. The Bertz CT molecular complexity index is 610. The van der Waals surface area contributed by atoms with E-state index < -0.39 is 11.4 Å². The van der Waals surface area contributed by atoms with Crippen LogP contribution in [0.5, 0.6) is 0 Å². The zero-order valence-electron chi connectivity index (χ0n) is 11.7. The molecule has 1 heterocycles. The molecule has 1 aromatic carbocycles. The molecule has 2 rings (SSSR count). The van der Waals surface area contributed by atoms with Crippen molar-refractivity contribution in [2.45, 2.75) is 25.3 Å². The second-order valence-corrected chi connectivity index (χ2v) is 6.07. The van der Waals surface area contributed by atoms with Crippen molar-refractivity contribution in [3.8, 4) is 0 Å². The summed E-state index contributed by atoms with van der Waals surface area (Å²) in [5.41, 5.74) is -0.593. The van der Waals surface area contributed by atoms with Crippen molar-refractivity contribution in [3.05, 3.63) is 58.3 Å². The van der Waals surface area contributed by atoms with Crippen molar-refractivity contribution in [2.24, 2.45) is 0 Å². The van der Waals surface area contributed by atoms with Gasteiger partial charge in [-0.15, -0.1) is 11.3 Å². The van der Waals surface area contributed by atoms with Crippen LogP contribution in [0.15, 0.2) is 47.8 Å². The summed E-state index contributed by atoms with van der Waals surface area (Å²) < 4.78 is 0. The maximum absolute atomic E-state index is 12.1. The third-order valence-corrected chi connectivity index (χ3v) is 4.31. The van der Waals surface area contributed by atoms with Gasteiger partial charge in [-0.05, 0) is 23.9 Å². The minimum Gasteiger partial charge on any atom is -0.481 e. The van der Waals surface area contributed by atoms with Crippen molar-refractivity contribution in [2.75, 3.05) is 0 Å². The molecule has 21 heavy (non-hydrogen) atoms. The van der Waals surface area contributed by atoms with Crippen LogP contribution < -0.4 is 5.32 Å². The molecule has 0 fully saturated rings. The lowest BCUT2D eigenvalue weighted by Gasteiger charge is -2.24. The van der Waals surface area contributed by atoms with Crippen LogP contribution in [0.25, 0.3) is 0 Å². The predicted octanol–water partition coefficient (Wildman–Crippen LogP) is 2.80. The number of nitrogens with one attached hydrogen (secondary N) is 1. The Kier molecular flexibility index (Phi) is 4.75. The van der Waals surface area contributed by atoms with Crippen LogP contribution in [0, 0.1) is 0 Å². The van der Waals surface area contributed by atoms with Crippen LogP contribution in [-0.2, 0) is 21.5 Å². The molecule has 1 amide bonds. The highest BCUT2D eigenvalue weighted by molar-refractivity contribution is 7.09. The summed E-state index contributed by atoms with van der Waals surface area (Å²) in [4.78, 5) is 24.7. The largest absolute Gasteiger partial charge is 0.481 e. The highest BCUT2D eigenvalue weighted by Gasteiger charge is 2.37. The standard InChI is InChI=1S/C16H17NO3S/c1-16(15(19)20,12-6-3-2-4-7-12)10-14(18)17-11-13-8-5-9-21-13/h2-9H,10-11H2,1H3,(H,17,18)(H,19,20)/t16-/m1/s1. The van der Waals surface area contributed by atoms with Crippen LogP contribution in [0.1, 0.15) is 23.8 Å². The summed E-state index contributed by atoms with van der Waals surface area (Å²) in [6.07, 6.45) is -0.0856. The molecule has 2 N–H and O–H groups in total. The number of hydrogen-bond donors (Lipinski definition) is 2. The van der Waals surface area contributed by atoms with E-state index in [1.165, 1.54) is 0 Å². The monoisotopic (exact) mass is 303 g/mol. The first kappa shape index (κ1) is 15.3. The Morgan fingerprint density at radius 2 is 1.90 bits per heavy atom. The molecule has 2 aromatic rings. The van der Waals surface area contributed by atoms with Gasteiger partial charge in [0.1, 0.15) is 0 Å². The molecule has 1 aromatic heterocycles. The van der Waals surface area contributed by atoms with Crippen LogP contribution in [0.3, 0.4) is 0 Å². The van der Waals surface area contributed by atoms with Gasteiger partial charge in [-0.25, -0.2) is 0 Å². The number of hydrogen-bond acceptors (Lipinski definition) is 3. The van der Waals surface area contributed by atoms with Gasteiger partial charge in [-0.3, -0.25) is 9.59 Å². The fourth-order valence-electron chi connectivity index (χ4n) is 2.09. The van der Waals surface area contributed by atoms with E-state index in [1.54, 1.807) is 42.5 Å². The van der Waals surface area contributed by atoms with Crippen molar-refractivity contribution >= 4 is 23.2 Å². The van der Waals surface area contributed by atoms with Crippen LogP contribution in [-0.4, -0.2) is 17.0 Å². The first-order chi connectivity index (χ1) is 10.0. The molecule has 0 spiro atoms. The Labute approximate surface area is 127 Å². The summed E-state index contributed by atoms with van der Waals surface area (Å²) in [5.74, 6) is -1.27. The fourth-order valence-corrected chi connectivity index (χ4v) is 2.73. The first-order valence-electron chi connectivity index (χ1n) is 6.60. The number of amides is 1. The zero-order valence-corrected chi connectivity index (χ0v) is 12.5. The number of benzene rings is 1. The molecule has 0 radical (unpaired) electrons. The van der Waals surface area contributed by atoms with Gasteiger partial charge in [0.05, 0.1) is 12.0 Å². The lowest BCUT2D eigenvalue weighted by molar-refractivity contribution is -0.145. The summed E-state index contributed by atoms with van der Waals surface area (Å²) in [6.45, 7) is 2.01. The molecule has 0 aliphatic heterocycles. The van der Waals surface area contributed by atoms with Gasteiger partial charge in [0.2, 0.25) is 5.91 Å². The number of aliphatic carboxylic acids is 1. The molecule has 5 heteroatoms. The maximum Gasteiger partial charge on any atom is 0.314 e. The summed E-state index contributed by atoms with van der Waals surface area (Å²) in [6, 6.07) is 12.7.